The van der Waals surface area contributed by atoms with Gasteiger partial charge >= 0.3 is 0 Å². The minimum atomic E-state index is 0.787. The zero-order valence-corrected chi connectivity index (χ0v) is 13.2. The molecule has 0 spiro atoms. The Hall–Kier alpha value is -1.20. The van der Waals surface area contributed by atoms with Crippen molar-refractivity contribution in [1.82, 2.24) is 20.3 Å². The van der Waals surface area contributed by atoms with Gasteiger partial charge in [-0.25, -0.2) is 4.68 Å². The van der Waals surface area contributed by atoms with Crippen LogP contribution in [0.15, 0.2) is 22.8 Å². The van der Waals surface area contributed by atoms with E-state index in [2.05, 4.69) is 64.5 Å². The minimum absolute atomic E-state index is 0.787. The van der Waals surface area contributed by atoms with E-state index in [9.17, 15) is 0 Å². The van der Waals surface area contributed by atoms with Crippen molar-refractivity contribution >= 4 is 15.9 Å². The third-order valence-electron chi connectivity index (χ3n) is 3.02. The number of halogens is 1. The lowest BCUT2D eigenvalue weighted by atomic mass is 10.1. The van der Waals surface area contributed by atoms with Gasteiger partial charge in [0, 0.05) is 11.0 Å². The molecule has 0 aliphatic rings. The first-order valence-electron chi connectivity index (χ1n) is 6.51. The van der Waals surface area contributed by atoms with Crippen LogP contribution in [0.2, 0.25) is 0 Å². The standard InChI is InChI=1S/C14H19BrN4/c1-4-5-16-8-13-9-17-18-19(13)14-10(2)6-12(15)7-11(14)3/h6-7,9,16H,4-5,8H2,1-3H3. The van der Waals surface area contributed by atoms with Gasteiger partial charge in [0.05, 0.1) is 17.6 Å². The molecule has 0 atom stereocenters. The summed E-state index contributed by atoms with van der Waals surface area (Å²) in [6, 6.07) is 4.21. The highest BCUT2D eigenvalue weighted by Crippen LogP contribution is 2.24. The fourth-order valence-corrected chi connectivity index (χ4v) is 2.88. The molecule has 0 bridgehead atoms. The van der Waals surface area contributed by atoms with Crippen molar-refractivity contribution in [3.63, 3.8) is 0 Å². The first-order chi connectivity index (χ1) is 9.13. The Morgan fingerprint density at radius 1 is 1.26 bits per heavy atom. The van der Waals surface area contributed by atoms with Crippen LogP contribution >= 0.6 is 15.9 Å². The third kappa shape index (κ3) is 3.22. The topological polar surface area (TPSA) is 42.7 Å². The van der Waals surface area contributed by atoms with Crippen LogP contribution in [-0.4, -0.2) is 21.5 Å². The number of hydrogen-bond donors (Lipinski definition) is 1. The molecular formula is C14H19BrN4. The highest BCUT2D eigenvalue weighted by atomic mass is 79.9. The van der Waals surface area contributed by atoms with E-state index >= 15 is 0 Å². The van der Waals surface area contributed by atoms with Crippen LogP contribution < -0.4 is 5.32 Å². The third-order valence-corrected chi connectivity index (χ3v) is 3.48. The van der Waals surface area contributed by atoms with E-state index in [-0.39, 0.29) is 0 Å². The second-order valence-corrected chi connectivity index (χ2v) is 5.62. The average molecular weight is 323 g/mol. The fourth-order valence-electron chi connectivity index (χ4n) is 2.20. The normalized spacial score (nSPS) is 10.9. The summed E-state index contributed by atoms with van der Waals surface area (Å²) < 4.78 is 3.02. The molecule has 4 nitrogen and oxygen atoms in total. The highest BCUT2D eigenvalue weighted by Gasteiger charge is 2.11. The molecule has 19 heavy (non-hydrogen) atoms. The summed E-state index contributed by atoms with van der Waals surface area (Å²) in [5.74, 6) is 0. The van der Waals surface area contributed by atoms with Crippen molar-refractivity contribution in [2.75, 3.05) is 6.54 Å². The van der Waals surface area contributed by atoms with Crippen molar-refractivity contribution in [2.24, 2.45) is 0 Å². The maximum absolute atomic E-state index is 4.23. The number of benzene rings is 1. The van der Waals surface area contributed by atoms with E-state index in [1.807, 2.05) is 10.9 Å². The molecule has 0 aliphatic heterocycles. The Bertz CT molecular complexity index is 539. The van der Waals surface area contributed by atoms with E-state index in [1.165, 1.54) is 11.1 Å². The van der Waals surface area contributed by atoms with Gasteiger partial charge in [-0.15, -0.1) is 5.10 Å². The maximum Gasteiger partial charge on any atom is 0.0783 e. The van der Waals surface area contributed by atoms with Crippen LogP contribution in [0.1, 0.15) is 30.2 Å². The molecule has 0 aliphatic carbocycles. The average Bonchev–Trinajstić information content (AvgIpc) is 2.76. The van der Waals surface area contributed by atoms with Crippen molar-refractivity contribution in [3.8, 4) is 5.69 Å². The molecule has 0 radical (unpaired) electrons. The van der Waals surface area contributed by atoms with Gasteiger partial charge in [-0.1, -0.05) is 28.1 Å². The molecule has 1 aromatic heterocycles. The lowest BCUT2D eigenvalue weighted by Crippen LogP contribution is -2.17. The number of rotatable bonds is 5. The van der Waals surface area contributed by atoms with Crippen molar-refractivity contribution < 1.29 is 0 Å². The Balaban J connectivity index is 2.35. The first-order valence-corrected chi connectivity index (χ1v) is 7.30. The second-order valence-electron chi connectivity index (χ2n) is 4.70. The number of hydrogen-bond acceptors (Lipinski definition) is 3. The number of nitrogens with zero attached hydrogens (tertiary/aromatic N) is 3. The van der Waals surface area contributed by atoms with Crippen molar-refractivity contribution in [1.29, 1.82) is 0 Å². The molecule has 0 fully saturated rings. The monoisotopic (exact) mass is 322 g/mol. The van der Waals surface area contributed by atoms with Crippen LogP contribution in [0, 0.1) is 13.8 Å². The molecule has 2 rings (SSSR count). The summed E-state index contributed by atoms with van der Waals surface area (Å²) in [5, 5.41) is 11.7. The largest absolute Gasteiger partial charge is 0.311 e. The molecule has 0 amide bonds. The molecule has 1 N–H and O–H groups in total. The van der Waals surface area contributed by atoms with Crippen molar-refractivity contribution in [2.45, 2.75) is 33.7 Å². The number of aromatic nitrogens is 3. The molecule has 0 saturated heterocycles. The number of aryl methyl sites for hydroxylation is 2. The van der Waals surface area contributed by atoms with Gasteiger partial charge in [-0.05, 0) is 50.1 Å². The molecular weight excluding hydrogens is 304 g/mol. The predicted octanol–water partition coefficient (Wildman–Crippen LogP) is 3.15. The summed E-state index contributed by atoms with van der Waals surface area (Å²) in [4.78, 5) is 0. The van der Waals surface area contributed by atoms with Gasteiger partial charge in [0.25, 0.3) is 0 Å². The van der Waals surface area contributed by atoms with E-state index in [1.54, 1.807) is 0 Å². The molecule has 1 heterocycles. The van der Waals surface area contributed by atoms with E-state index < -0.39 is 0 Å². The highest BCUT2D eigenvalue weighted by molar-refractivity contribution is 9.10. The van der Waals surface area contributed by atoms with Crippen molar-refractivity contribution in [3.05, 3.63) is 39.6 Å². The Kier molecular flexibility index (Phi) is 4.71. The quantitative estimate of drug-likeness (QED) is 0.860. The van der Waals surface area contributed by atoms with Crippen LogP contribution in [0.25, 0.3) is 5.69 Å². The SMILES string of the molecule is CCCNCc1cnnn1-c1c(C)cc(Br)cc1C. The van der Waals surface area contributed by atoms with Crippen LogP contribution in [-0.2, 0) is 6.54 Å². The molecule has 102 valence electrons. The summed E-state index contributed by atoms with van der Waals surface area (Å²) in [6.45, 7) is 8.14. The van der Waals surface area contributed by atoms with Crippen LogP contribution in [0.4, 0.5) is 0 Å². The summed E-state index contributed by atoms with van der Waals surface area (Å²) >= 11 is 3.52. The molecule has 2 aromatic rings. The summed E-state index contributed by atoms with van der Waals surface area (Å²) in [7, 11) is 0. The van der Waals surface area contributed by atoms with E-state index in [0.29, 0.717) is 0 Å². The zero-order chi connectivity index (χ0) is 13.8. The molecule has 5 heteroatoms. The Morgan fingerprint density at radius 3 is 2.58 bits per heavy atom. The molecule has 1 aromatic carbocycles. The minimum Gasteiger partial charge on any atom is -0.311 e. The van der Waals surface area contributed by atoms with E-state index in [0.717, 1.165) is 35.4 Å². The molecule has 0 saturated carbocycles. The van der Waals surface area contributed by atoms with Gasteiger partial charge in [0.15, 0.2) is 0 Å². The molecule has 0 unspecified atom stereocenters. The van der Waals surface area contributed by atoms with Gasteiger partial charge in [-0.2, -0.15) is 0 Å². The predicted molar refractivity (Wildman–Crippen MR) is 80.5 cm³/mol. The Morgan fingerprint density at radius 2 is 1.95 bits per heavy atom. The summed E-state index contributed by atoms with van der Waals surface area (Å²) in [6.07, 6.45) is 2.95. The van der Waals surface area contributed by atoms with E-state index in [4.69, 9.17) is 0 Å². The summed E-state index contributed by atoms with van der Waals surface area (Å²) in [5.41, 5.74) is 4.58. The smallest absolute Gasteiger partial charge is 0.0783 e. The van der Waals surface area contributed by atoms with Gasteiger partial charge in [-0.3, -0.25) is 0 Å². The lowest BCUT2D eigenvalue weighted by molar-refractivity contribution is 0.639. The number of nitrogens with one attached hydrogen (secondary N) is 1. The zero-order valence-electron chi connectivity index (χ0n) is 11.6. The fraction of sp³-hybridized carbons (Fsp3) is 0.429. The first kappa shape index (κ1) is 14.2. The van der Waals surface area contributed by atoms with Crippen LogP contribution in [0.5, 0.6) is 0 Å². The van der Waals surface area contributed by atoms with Gasteiger partial charge in [0.2, 0.25) is 0 Å². The van der Waals surface area contributed by atoms with Gasteiger partial charge in [0.1, 0.15) is 0 Å². The lowest BCUT2D eigenvalue weighted by Gasteiger charge is -2.13. The van der Waals surface area contributed by atoms with Gasteiger partial charge < -0.3 is 5.32 Å². The van der Waals surface area contributed by atoms with Crippen LogP contribution in [0.3, 0.4) is 0 Å². The maximum atomic E-state index is 4.23. The Labute approximate surface area is 122 Å². The second kappa shape index (κ2) is 6.30.